The van der Waals surface area contributed by atoms with Crippen molar-refractivity contribution in [3.63, 3.8) is 0 Å². The minimum absolute atomic E-state index is 0.0395. The van der Waals surface area contributed by atoms with Crippen molar-refractivity contribution in [3.05, 3.63) is 77.4 Å². The van der Waals surface area contributed by atoms with Gasteiger partial charge in [0.05, 0.1) is 10.6 Å². The van der Waals surface area contributed by atoms with Gasteiger partial charge < -0.3 is 5.32 Å². The Kier molecular flexibility index (Phi) is 5.15. The molecule has 1 amide bonds. The second-order valence-electron chi connectivity index (χ2n) is 7.16. The Morgan fingerprint density at radius 3 is 2.35 bits per heavy atom. The van der Waals surface area contributed by atoms with Gasteiger partial charge in [0.1, 0.15) is 0 Å². The van der Waals surface area contributed by atoms with Gasteiger partial charge in [-0.25, -0.2) is 17.9 Å². The monoisotopic (exact) mass is 436 g/mol. The molecule has 0 aliphatic rings. The van der Waals surface area contributed by atoms with E-state index in [0.717, 1.165) is 16.7 Å². The lowest BCUT2D eigenvalue weighted by molar-refractivity contribution is 0.101. The number of nitrogens with zero attached hydrogens (tertiary/aromatic N) is 4. The number of hydrogen-bond acceptors (Lipinski definition) is 6. The van der Waals surface area contributed by atoms with Crippen LogP contribution in [0, 0.1) is 20.8 Å². The molecular formula is C21H20N6O3S. The molecular weight excluding hydrogens is 416 g/mol. The number of sulfonamides is 1. The molecule has 4 aromatic rings. The highest BCUT2D eigenvalue weighted by atomic mass is 32.2. The van der Waals surface area contributed by atoms with E-state index in [1.807, 2.05) is 32.9 Å². The van der Waals surface area contributed by atoms with Gasteiger partial charge in [-0.2, -0.15) is 4.98 Å². The number of benzene rings is 2. The van der Waals surface area contributed by atoms with Crippen LogP contribution in [0.4, 0.5) is 11.4 Å². The first-order valence-corrected chi connectivity index (χ1v) is 10.9. The van der Waals surface area contributed by atoms with E-state index in [9.17, 15) is 13.2 Å². The SMILES string of the molecule is Cc1cc(C)c(NS(=O)(=O)c2ccc(NC(=O)c3nc4ncccn4n3)cc2)c(C)c1. The molecule has 0 unspecified atom stereocenters. The van der Waals surface area contributed by atoms with E-state index in [1.165, 1.54) is 28.8 Å². The van der Waals surface area contributed by atoms with Crippen LogP contribution >= 0.6 is 0 Å². The first-order chi connectivity index (χ1) is 14.7. The molecule has 0 bridgehead atoms. The number of rotatable bonds is 5. The Morgan fingerprint density at radius 1 is 1.03 bits per heavy atom. The number of carbonyl (C=O) groups is 1. The fourth-order valence-electron chi connectivity index (χ4n) is 3.27. The van der Waals surface area contributed by atoms with Crippen molar-refractivity contribution in [1.82, 2.24) is 19.6 Å². The van der Waals surface area contributed by atoms with Crippen LogP contribution in [-0.4, -0.2) is 33.9 Å². The van der Waals surface area contributed by atoms with Crippen LogP contribution in [0.5, 0.6) is 0 Å². The maximum atomic E-state index is 12.8. The molecule has 0 aliphatic heterocycles. The summed E-state index contributed by atoms with van der Waals surface area (Å²) in [5.74, 6) is -0.255. The number of nitrogens with one attached hydrogen (secondary N) is 2. The topological polar surface area (TPSA) is 118 Å². The molecule has 0 atom stereocenters. The Bertz CT molecular complexity index is 1340. The van der Waals surface area contributed by atoms with Crippen LogP contribution < -0.4 is 10.0 Å². The molecule has 9 nitrogen and oxygen atoms in total. The van der Waals surface area contributed by atoms with Crippen LogP contribution in [0.2, 0.25) is 0 Å². The van der Waals surface area contributed by atoms with Gasteiger partial charge in [0.25, 0.3) is 21.7 Å². The molecule has 0 aliphatic carbocycles. The number of fused-ring (bicyclic) bond motifs is 1. The largest absolute Gasteiger partial charge is 0.319 e. The predicted molar refractivity (Wildman–Crippen MR) is 117 cm³/mol. The quantitative estimate of drug-likeness (QED) is 0.496. The van der Waals surface area contributed by atoms with Crippen molar-refractivity contribution >= 4 is 33.1 Å². The van der Waals surface area contributed by atoms with Gasteiger partial charge in [-0.1, -0.05) is 17.7 Å². The van der Waals surface area contributed by atoms with Crippen molar-refractivity contribution in [2.75, 3.05) is 10.0 Å². The second kappa shape index (κ2) is 7.80. The third-order valence-electron chi connectivity index (χ3n) is 4.66. The molecule has 0 saturated carbocycles. The molecule has 10 heteroatoms. The zero-order chi connectivity index (χ0) is 22.2. The van der Waals surface area contributed by atoms with Crippen LogP contribution in [0.1, 0.15) is 27.3 Å². The summed E-state index contributed by atoms with van der Waals surface area (Å²) in [6.07, 6.45) is 3.19. The van der Waals surface area contributed by atoms with Crippen LogP contribution in [0.15, 0.2) is 59.8 Å². The lowest BCUT2D eigenvalue weighted by atomic mass is 10.1. The van der Waals surface area contributed by atoms with Crippen LogP contribution in [-0.2, 0) is 10.0 Å². The van der Waals surface area contributed by atoms with Crippen LogP contribution in [0.3, 0.4) is 0 Å². The summed E-state index contributed by atoms with van der Waals surface area (Å²) in [6.45, 7) is 5.68. The molecule has 2 aromatic heterocycles. The van der Waals surface area contributed by atoms with Crippen molar-refractivity contribution in [1.29, 1.82) is 0 Å². The Hall–Kier alpha value is -3.79. The molecule has 2 heterocycles. The summed E-state index contributed by atoms with van der Waals surface area (Å²) in [5, 5.41) is 6.71. The van der Waals surface area contributed by atoms with E-state index in [-0.39, 0.29) is 10.7 Å². The maximum absolute atomic E-state index is 12.8. The molecule has 0 fully saturated rings. The third kappa shape index (κ3) is 4.24. The van der Waals surface area contributed by atoms with Gasteiger partial charge >= 0.3 is 0 Å². The van der Waals surface area contributed by atoms with Crippen LogP contribution in [0.25, 0.3) is 5.78 Å². The summed E-state index contributed by atoms with van der Waals surface area (Å²) in [4.78, 5) is 20.6. The van der Waals surface area contributed by atoms with Gasteiger partial charge in [0.2, 0.25) is 5.82 Å². The van der Waals surface area contributed by atoms with Gasteiger partial charge in [0, 0.05) is 18.1 Å². The smallest absolute Gasteiger partial charge is 0.295 e. The number of carbonyl (C=O) groups excluding carboxylic acids is 1. The Balaban J connectivity index is 1.51. The van der Waals surface area contributed by atoms with Crippen molar-refractivity contribution in [3.8, 4) is 0 Å². The van der Waals surface area contributed by atoms with E-state index < -0.39 is 15.9 Å². The highest BCUT2D eigenvalue weighted by Crippen LogP contribution is 2.25. The second-order valence-corrected chi connectivity index (χ2v) is 8.84. The molecule has 2 N–H and O–H groups in total. The Labute approximate surface area is 179 Å². The third-order valence-corrected chi connectivity index (χ3v) is 6.02. The van der Waals surface area contributed by atoms with Crippen molar-refractivity contribution in [2.45, 2.75) is 25.7 Å². The zero-order valence-electron chi connectivity index (χ0n) is 17.1. The summed E-state index contributed by atoms with van der Waals surface area (Å²) in [7, 11) is -3.78. The summed E-state index contributed by atoms with van der Waals surface area (Å²) < 4.78 is 29.7. The molecule has 31 heavy (non-hydrogen) atoms. The summed E-state index contributed by atoms with van der Waals surface area (Å²) in [6, 6.07) is 11.4. The van der Waals surface area contributed by atoms with E-state index in [4.69, 9.17) is 0 Å². The fourth-order valence-corrected chi connectivity index (χ4v) is 4.47. The molecule has 4 rings (SSSR count). The summed E-state index contributed by atoms with van der Waals surface area (Å²) in [5.41, 5.74) is 3.74. The minimum atomic E-state index is -3.78. The fraction of sp³-hybridized carbons (Fsp3) is 0.143. The van der Waals surface area contributed by atoms with E-state index in [2.05, 4.69) is 25.1 Å². The molecule has 0 spiro atoms. The zero-order valence-corrected chi connectivity index (χ0v) is 17.9. The number of aromatic nitrogens is 4. The van der Waals surface area contributed by atoms with E-state index >= 15 is 0 Å². The highest BCUT2D eigenvalue weighted by Gasteiger charge is 2.18. The van der Waals surface area contributed by atoms with Gasteiger partial charge in [-0.05, 0) is 62.2 Å². The minimum Gasteiger partial charge on any atom is -0.319 e. The normalized spacial score (nSPS) is 11.5. The Morgan fingerprint density at radius 2 is 1.71 bits per heavy atom. The number of anilines is 2. The first-order valence-electron chi connectivity index (χ1n) is 9.42. The van der Waals surface area contributed by atoms with E-state index in [0.29, 0.717) is 17.2 Å². The maximum Gasteiger partial charge on any atom is 0.295 e. The molecule has 158 valence electrons. The number of amides is 1. The average molecular weight is 436 g/mol. The van der Waals surface area contributed by atoms with Crippen molar-refractivity contribution in [2.24, 2.45) is 0 Å². The van der Waals surface area contributed by atoms with Gasteiger partial charge in [-0.15, -0.1) is 5.10 Å². The van der Waals surface area contributed by atoms with E-state index in [1.54, 1.807) is 18.5 Å². The number of hydrogen-bond donors (Lipinski definition) is 2. The van der Waals surface area contributed by atoms with Gasteiger partial charge in [0.15, 0.2) is 0 Å². The van der Waals surface area contributed by atoms with Crippen molar-refractivity contribution < 1.29 is 13.2 Å². The molecule has 0 radical (unpaired) electrons. The lowest BCUT2D eigenvalue weighted by Crippen LogP contribution is -2.16. The number of aryl methyl sites for hydroxylation is 3. The standard InChI is InChI=1S/C21H20N6O3S/c1-13-11-14(2)18(15(3)12-13)26-31(29,30)17-7-5-16(6-8-17)23-20(28)19-24-21-22-9-4-10-27(21)25-19/h4-12,26H,1-3H3,(H,23,28). The molecule has 2 aromatic carbocycles. The highest BCUT2D eigenvalue weighted by molar-refractivity contribution is 7.92. The average Bonchev–Trinajstić information content (AvgIpc) is 3.16. The molecule has 0 saturated heterocycles. The lowest BCUT2D eigenvalue weighted by Gasteiger charge is -2.14. The summed E-state index contributed by atoms with van der Waals surface area (Å²) >= 11 is 0. The van der Waals surface area contributed by atoms with Gasteiger partial charge in [-0.3, -0.25) is 9.52 Å². The predicted octanol–water partition coefficient (Wildman–Crippen LogP) is 3.10. The first kappa shape index (κ1) is 20.5.